The highest BCUT2D eigenvalue weighted by atomic mass is 35.5. The SMILES string of the molecule is Fc1ccc(C(c2ccc[nH]2)c2ccc[nH]2)c(Cl)c1. The first-order valence-electron chi connectivity index (χ1n) is 5.97. The molecule has 2 heterocycles. The van der Waals surface area contributed by atoms with Crippen molar-refractivity contribution in [2.45, 2.75) is 5.92 Å². The second-order valence-electron chi connectivity index (χ2n) is 4.35. The highest BCUT2D eigenvalue weighted by Gasteiger charge is 2.21. The highest BCUT2D eigenvalue weighted by Crippen LogP contribution is 2.34. The van der Waals surface area contributed by atoms with Crippen LogP contribution in [0.5, 0.6) is 0 Å². The minimum absolute atomic E-state index is 0.0573. The molecular formula is C15H12ClFN2. The van der Waals surface area contributed by atoms with Crippen LogP contribution in [0.4, 0.5) is 4.39 Å². The van der Waals surface area contributed by atoms with Crippen LogP contribution in [0.25, 0.3) is 0 Å². The first kappa shape index (κ1) is 12.1. The zero-order valence-electron chi connectivity index (χ0n) is 10.0. The Balaban J connectivity index is 2.14. The second-order valence-corrected chi connectivity index (χ2v) is 4.76. The maximum absolute atomic E-state index is 13.2. The Morgan fingerprint density at radius 1 is 0.947 bits per heavy atom. The first-order valence-corrected chi connectivity index (χ1v) is 6.35. The maximum Gasteiger partial charge on any atom is 0.124 e. The number of rotatable bonds is 3. The maximum atomic E-state index is 13.2. The third kappa shape index (κ3) is 2.29. The van der Waals surface area contributed by atoms with Gasteiger partial charge >= 0.3 is 0 Å². The van der Waals surface area contributed by atoms with Crippen molar-refractivity contribution in [3.05, 3.63) is 82.6 Å². The van der Waals surface area contributed by atoms with Gasteiger partial charge < -0.3 is 9.97 Å². The van der Waals surface area contributed by atoms with Crippen LogP contribution in [0.15, 0.2) is 54.9 Å². The van der Waals surface area contributed by atoms with Crippen molar-refractivity contribution >= 4 is 11.6 Å². The van der Waals surface area contributed by atoms with Gasteiger partial charge in [-0.1, -0.05) is 17.7 Å². The molecule has 0 aliphatic carbocycles. The highest BCUT2D eigenvalue weighted by molar-refractivity contribution is 6.31. The Bertz CT molecular complexity index is 625. The molecule has 0 fully saturated rings. The lowest BCUT2D eigenvalue weighted by Crippen LogP contribution is -2.05. The first-order chi connectivity index (χ1) is 9.25. The fraction of sp³-hybridized carbons (Fsp3) is 0.0667. The van der Waals surface area contributed by atoms with Gasteiger partial charge in [0, 0.05) is 28.8 Å². The zero-order valence-corrected chi connectivity index (χ0v) is 10.8. The van der Waals surface area contributed by atoms with E-state index in [2.05, 4.69) is 9.97 Å². The summed E-state index contributed by atoms with van der Waals surface area (Å²) < 4.78 is 13.2. The van der Waals surface area contributed by atoms with E-state index in [0.717, 1.165) is 17.0 Å². The molecule has 3 rings (SSSR count). The number of aromatic amines is 2. The van der Waals surface area contributed by atoms with Crippen molar-refractivity contribution in [1.29, 1.82) is 0 Å². The van der Waals surface area contributed by atoms with E-state index in [0.29, 0.717) is 5.02 Å². The van der Waals surface area contributed by atoms with Gasteiger partial charge in [0.2, 0.25) is 0 Å². The van der Waals surface area contributed by atoms with E-state index < -0.39 is 0 Å². The van der Waals surface area contributed by atoms with Crippen LogP contribution in [0.2, 0.25) is 5.02 Å². The van der Waals surface area contributed by atoms with Crippen LogP contribution in [-0.4, -0.2) is 9.97 Å². The normalized spacial score (nSPS) is 11.1. The van der Waals surface area contributed by atoms with E-state index in [-0.39, 0.29) is 11.7 Å². The van der Waals surface area contributed by atoms with Gasteiger partial charge in [-0.2, -0.15) is 0 Å². The van der Waals surface area contributed by atoms with Gasteiger partial charge in [-0.15, -0.1) is 0 Å². The molecule has 96 valence electrons. The Hall–Kier alpha value is -2.00. The van der Waals surface area contributed by atoms with E-state index in [4.69, 9.17) is 11.6 Å². The van der Waals surface area contributed by atoms with E-state index >= 15 is 0 Å². The minimum atomic E-state index is -0.328. The molecular weight excluding hydrogens is 263 g/mol. The summed E-state index contributed by atoms with van der Waals surface area (Å²) >= 11 is 6.19. The molecule has 0 radical (unpaired) electrons. The van der Waals surface area contributed by atoms with Crippen molar-refractivity contribution in [3.63, 3.8) is 0 Å². The van der Waals surface area contributed by atoms with Gasteiger partial charge in [0.1, 0.15) is 5.82 Å². The summed E-state index contributed by atoms with van der Waals surface area (Å²) in [4.78, 5) is 6.39. The molecule has 19 heavy (non-hydrogen) atoms. The van der Waals surface area contributed by atoms with Crippen LogP contribution >= 0.6 is 11.6 Å². The van der Waals surface area contributed by atoms with E-state index in [1.807, 2.05) is 36.7 Å². The lowest BCUT2D eigenvalue weighted by Gasteiger charge is -2.16. The number of benzene rings is 1. The summed E-state index contributed by atoms with van der Waals surface area (Å²) in [5.74, 6) is -0.386. The van der Waals surface area contributed by atoms with Crippen LogP contribution in [0, 0.1) is 5.82 Å². The third-order valence-corrected chi connectivity index (χ3v) is 3.47. The standard InChI is InChI=1S/C15H12ClFN2/c16-12-9-10(17)5-6-11(12)15(13-3-1-7-18-13)14-4-2-8-19-14/h1-9,15,18-19H. The number of aromatic nitrogens is 2. The summed E-state index contributed by atoms with van der Waals surface area (Å²) in [6.07, 6.45) is 3.73. The molecule has 4 heteroatoms. The number of H-pyrrole nitrogens is 2. The van der Waals surface area contributed by atoms with E-state index in [9.17, 15) is 4.39 Å². The lowest BCUT2D eigenvalue weighted by atomic mass is 9.92. The van der Waals surface area contributed by atoms with Crippen molar-refractivity contribution in [2.24, 2.45) is 0 Å². The van der Waals surface area contributed by atoms with Gasteiger partial charge in [-0.25, -0.2) is 4.39 Å². The molecule has 0 unspecified atom stereocenters. The molecule has 0 amide bonds. The zero-order chi connectivity index (χ0) is 13.2. The number of nitrogens with one attached hydrogen (secondary N) is 2. The predicted octanol–water partition coefficient (Wildman–Crippen LogP) is 4.32. The Labute approximate surface area is 115 Å². The van der Waals surface area contributed by atoms with Crippen LogP contribution in [-0.2, 0) is 0 Å². The molecule has 1 aromatic carbocycles. The van der Waals surface area contributed by atoms with Gasteiger partial charge in [0.05, 0.1) is 5.92 Å². The van der Waals surface area contributed by atoms with Crippen LogP contribution < -0.4 is 0 Å². The molecule has 0 saturated heterocycles. The summed E-state index contributed by atoms with van der Waals surface area (Å²) in [7, 11) is 0. The number of hydrogen-bond donors (Lipinski definition) is 2. The Morgan fingerprint density at radius 2 is 1.58 bits per heavy atom. The van der Waals surface area contributed by atoms with Gasteiger partial charge in [-0.3, -0.25) is 0 Å². The lowest BCUT2D eigenvalue weighted by molar-refractivity contribution is 0.626. The fourth-order valence-corrected chi connectivity index (χ4v) is 2.56. The predicted molar refractivity (Wildman–Crippen MR) is 73.9 cm³/mol. The topological polar surface area (TPSA) is 31.6 Å². The summed E-state index contributed by atoms with van der Waals surface area (Å²) in [5.41, 5.74) is 2.89. The summed E-state index contributed by atoms with van der Waals surface area (Å²) in [5, 5.41) is 0.425. The van der Waals surface area contributed by atoms with Crippen molar-refractivity contribution in [2.75, 3.05) is 0 Å². The summed E-state index contributed by atoms with van der Waals surface area (Å²) in [6, 6.07) is 12.3. The van der Waals surface area contributed by atoms with E-state index in [1.54, 1.807) is 6.07 Å². The van der Waals surface area contributed by atoms with E-state index in [1.165, 1.54) is 12.1 Å². The molecule has 0 saturated carbocycles. The van der Waals surface area contributed by atoms with Gasteiger partial charge in [0.25, 0.3) is 0 Å². The van der Waals surface area contributed by atoms with Gasteiger partial charge in [-0.05, 0) is 42.0 Å². The van der Waals surface area contributed by atoms with Crippen molar-refractivity contribution in [3.8, 4) is 0 Å². The smallest absolute Gasteiger partial charge is 0.124 e. The minimum Gasteiger partial charge on any atom is -0.364 e. The monoisotopic (exact) mass is 274 g/mol. The quantitative estimate of drug-likeness (QED) is 0.713. The van der Waals surface area contributed by atoms with Crippen molar-refractivity contribution < 1.29 is 4.39 Å². The average Bonchev–Trinajstić information content (AvgIpc) is 3.06. The number of hydrogen-bond acceptors (Lipinski definition) is 0. The van der Waals surface area contributed by atoms with Crippen LogP contribution in [0.1, 0.15) is 22.9 Å². The summed E-state index contributed by atoms with van der Waals surface area (Å²) in [6.45, 7) is 0. The molecule has 2 N–H and O–H groups in total. The molecule has 0 atom stereocenters. The third-order valence-electron chi connectivity index (χ3n) is 3.14. The fourth-order valence-electron chi connectivity index (χ4n) is 2.29. The van der Waals surface area contributed by atoms with Gasteiger partial charge in [0.15, 0.2) is 0 Å². The number of halogens is 2. The van der Waals surface area contributed by atoms with Crippen molar-refractivity contribution in [1.82, 2.24) is 9.97 Å². The Kier molecular flexibility index (Phi) is 3.13. The molecule has 2 nitrogen and oxygen atoms in total. The molecule has 0 aliphatic rings. The largest absolute Gasteiger partial charge is 0.364 e. The molecule has 3 aromatic rings. The molecule has 0 aliphatic heterocycles. The molecule has 0 spiro atoms. The molecule has 0 bridgehead atoms. The van der Waals surface area contributed by atoms with Crippen LogP contribution in [0.3, 0.4) is 0 Å². The Morgan fingerprint density at radius 3 is 2.05 bits per heavy atom. The second kappa shape index (κ2) is 4.94. The average molecular weight is 275 g/mol. The molecule has 2 aromatic heterocycles.